The summed E-state index contributed by atoms with van der Waals surface area (Å²) in [4.78, 5) is 19.1. The van der Waals surface area contributed by atoms with Gasteiger partial charge >= 0.3 is 6.03 Å². The van der Waals surface area contributed by atoms with Crippen molar-refractivity contribution in [3.05, 3.63) is 36.4 Å². The van der Waals surface area contributed by atoms with Crippen molar-refractivity contribution in [1.82, 2.24) is 25.4 Å². The second-order valence-electron chi connectivity index (χ2n) is 8.81. The predicted octanol–water partition coefficient (Wildman–Crippen LogP) is 4.02. The van der Waals surface area contributed by atoms with E-state index in [-0.39, 0.29) is 24.2 Å². The van der Waals surface area contributed by atoms with E-state index >= 15 is 0 Å². The Labute approximate surface area is 189 Å². The van der Waals surface area contributed by atoms with Gasteiger partial charge in [0.2, 0.25) is 0 Å². The molecule has 3 atom stereocenters. The van der Waals surface area contributed by atoms with Crippen LogP contribution in [0.15, 0.2) is 34.9 Å². The molecule has 2 aliphatic heterocycles. The largest absolute Gasteiger partial charge is 0.441 e. The first-order valence-corrected chi connectivity index (χ1v) is 11.2. The van der Waals surface area contributed by atoms with Crippen molar-refractivity contribution in [3.63, 3.8) is 0 Å². The molecule has 3 aromatic rings. The molecule has 4 heterocycles. The summed E-state index contributed by atoms with van der Waals surface area (Å²) < 4.78 is 31.4. The van der Waals surface area contributed by atoms with Crippen LogP contribution in [0.25, 0.3) is 22.2 Å². The van der Waals surface area contributed by atoms with E-state index in [0.29, 0.717) is 35.8 Å². The molecule has 5 rings (SSSR count). The highest BCUT2D eigenvalue weighted by atomic mass is 19.1. The maximum absolute atomic E-state index is 13.1. The van der Waals surface area contributed by atoms with Gasteiger partial charge in [0.05, 0.1) is 17.8 Å². The fourth-order valence-electron chi connectivity index (χ4n) is 5.04. The molecule has 33 heavy (non-hydrogen) atoms. The molecule has 2 fully saturated rings. The smallest absolute Gasteiger partial charge is 0.323 e. The standard InChI is InChI=1S/C23H26F2N6O2/c1-13-26-12-21(33-13)14-2-5-20-15(6-14)7-22(30-29-20)28-23(32)31-18-3-4-19(31)9-16(8-18)27-17(10-24)11-25/h2,5-7,12,16-19,27H,3-4,8-11H2,1H3,(H,28,30,32)/t16-,18+,19-. The van der Waals surface area contributed by atoms with E-state index in [9.17, 15) is 13.6 Å². The van der Waals surface area contributed by atoms with Crippen molar-refractivity contribution < 1.29 is 18.0 Å². The number of nitrogens with zero attached hydrogens (tertiary/aromatic N) is 4. The van der Waals surface area contributed by atoms with Crippen molar-refractivity contribution in [1.29, 1.82) is 0 Å². The van der Waals surface area contributed by atoms with Crippen molar-refractivity contribution in [2.24, 2.45) is 0 Å². The Bertz CT molecular complexity index is 1140. The highest BCUT2D eigenvalue weighted by Crippen LogP contribution is 2.36. The first kappa shape index (κ1) is 21.7. The highest BCUT2D eigenvalue weighted by molar-refractivity contribution is 5.92. The molecule has 174 valence electrons. The Kier molecular flexibility index (Phi) is 5.92. The van der Waals surface area contributed by atoms with E-state index in [2.05, 4.69) is 25.8 Å². The van der Waals surface area contributed by atoms with Crippen LogP contribution in [0.5, 0.6) is 0 Å². The van der Waals surface area contributed by atoms with Gasteiger partial charge in [0.1, 0.15) is 13.3 Å². The number of urea groups is 1. The molecule has 0 unspecified atom stereocenters. The number of anilines is 1. The van der Waals surface area contributed by atoms with E-state index in [1.165, 1.54) is 0 Å². The second-order valence-corrected chi connectivity index (χ2v) is 8.81. The Morgan fingerprint density at radius 2 is 1.94 bits per heavy atom. The number of aryl methyl sites for hydroxylation is 1. The fraction of sp³-hybridized carbons (Fsp3) is 0.478. The molecule has 2 saturated heterocycles. The van der Waals surface area contributed by atoms with Gasteiger partial charge in [0.25, 0.3) is 0 Å². The molecule has 8 nitrogen and oxygen atoms in total. The molecule has 2 amide bonds. The van der Waals surface area contributed by atoms with Crippen LogP contribution in [0.1, 0.15) is 31.6 Å². The van der Waals surface area contributed by atoms with E-state index in [4.69, 9.17) is 4.42 Å². The third-order valence-corrected chi connectivity index (χ3v) is 6.54. The van der Waals surface area contributed by atoms with Gasteiger partial charge in [-0.1, -0.05) is 0 Å². The van der Waals surface area contributed by atoms with E-state index < -0.39 is 19.4 Å². The van der Waals surface area contributed by atoms with E-state index in [0.717, 1.165) is 23.8 Å². The fourth-order valence-corrected chi connectivity index (χ4v) is 5.04. The number of fused-ring (bicyclic) bond motifs is 3. The maximum Gasteiger partial charge on any atom is 0.323 e. The average molecular weight is 456 g/mol. The summed E-state index contributed by atoms with van der Waals surface area (Å²) >= 11 is 0. The lowest BCUT2D eigenvalue weighted by Gasteiger charge is -2.39. The first-order chi connectivity index (χ1) is 16.0. The lowest BCUT2D eigenvalue weighted by atomic mass is 9.97. The summed E-state index contributed by atoms with van der Waals surface area (Å²) in [6.07, 6.45) is 4.81. The molecule has 2 N–H and O–H groups in total. The van der Waals surface area contributed by atoms with Crippen LogP contribution in [0.2, 0.25) is 0 Å². The predicted molar refractivity (Wildman–Crippen MR) is 119 cm³/mol. The molecule has 2 aliphatic rings. The third kappa shape index (κ3) is 4.39. The quantitative estimate of drug-likeness (QED) is 0.582. The summed E-state index contributed by atoms with van der Waals surface area (Å²) in [7, 11) is 0. The van der Waals surface area contributed by atoms with Crippen LogP contribution in [-0.4, -0.2) is 63.6 Å². The molecular formula is C23H26F2N6O2. The number of halogens is 2. The second kappa shape index (κ2) is 9.01. The summed E-state index contributed by atoms with van der Waals surface area (Å²) in [5.41, 5.74) is 1.57. The van der Waals surface area contributed by atoms with E-state index in [1.54, 1.807) is 19.2 Å². The SMILES string of the molecule is Cc1ncc(-c2ccc3nnc(NC(=O)N4[C@@H]5CC[C@H]4C[C@@H](NC(CF)CF)C5)cc3c2)o1. The van der Waals surface area contributed by atoms with Gasteiger partial charge in [-0.3, -0.25) is 5.32 Å². The number of alkyl halides is 2. The summed E-state index contributed by atoms with van der Waals surface area (Å²) in [5, 5.41) is 15.1. The van der Waals surface area contributed by atoms with Gasteiger partial charge in [-0.05, 0) is 49.9 Å². The zero-order valence-electron chi connectivity index (χ0n) is 18.3. The number of rotatable bonds is 6. The van der Waals surface area contributed by atoms with Gasteiger partial charge in [-0.15, -0.1) is 10.2 Å². The van der Waals surface area contributed by atoms with Crippen molar-refractivity contribution in [3.8, 4) is 11.3 Å². The lowest BCUT2D eigenvalue weighted by molar-refractivity contribution is 0.133. The molecule has 2 bridgehead atoms. The first-order valence-electron chi connectivity index (χ1n) is 11.2. The zero-order valence-corrected chi connectivity index (χ0v) is 18.3. The average Bonchev–Trinajstić information content (AvgIpc) is 3.37. The van der Waals surface area contributed by atoms with Crippen molar-refractivity contribution >= 4 is 22.8 Å². The molecule has 2 aromatic heterocycles. The summed E-state index contributed by atoms with van der Waals surface area (Å²) in [6, 6.07) is 6.55. The van der Waals surface area contributed by atoms with Crippen molar-refractivity contribution in [2.45, 2.75) is 56.8 Å². The Morgan fingerprint density at radius 3 is 2.61 bits per heavy atom. The minimum Gasteiger partial charge on any atom is -0.441 e. The minimum atomic E-state index is -0.770. The number of oxazole rings is 1. The van der Waals surface area contributed by atoms with Crippen LogP contribution in [0, 0.1) is 6.92 Å². The number of aromatic nitrogens is 3. The number of hydrogen-bond acceptors (Lipinski definition) is 6. The number of carbonyl (C=O) groups is 1. The molecule has 0 radical (unpaired) electrons. The summed E-state index contributed by atoms with van der Waals surface area (Å²) in [5.74, 6) is 1.62. The number of hydrogen-bond donors (Lipinski definition) is 2. The molecular weight excluding hydrogens is 430 g/mol. The van der Waals surface area contributed by atoms with Crippen molar-refractivity contribution in [2.75, 3.05) is 18.7 Å². The number of nitrogens with one attached hydrogen (secondary N) is 2. The summed E-state index contributed by atoms with van der Waals surface area (Å²) in [6.45, 7) is 0.325. The van der Waals surface area contributed by atoms with Gasteiger partial charge in [0.15, 0.2) is 17.5 Å². The minimum absolute atomic E-state index is 0.0154. The van der Waals surface area contributed by atoms with E-state index in [1.807, 2.05) is 23.1 Å². The van der Waals surface area contributed by atoms with Crippen LogP contribution >= 0.6 is 0 Å². The number of piperidine rings is 1. The molecule has 10 heteroatoms. The molecule has 0 aliphatic carbocycles. The Hall–Kier alpha value is -3.14. The number of benzene rings is 1. The highest BCUT2D eigenvalue weighted by Gasteiger charge is 2.43. The lowest BCUT2D eigenvalue weighted by Crippen LogP contribution is -2.54. The van der Waals surface area contributed by atoms with Gasteiger partial charge in [-0.2, -0.15) is 0 Å². The maximum atomic E-state index is 13.1. The monoisotopic (exact) mass is 456 g/mol. The van der Waals surface area contributed by atoms with Crippen LogP contribution < -0.4 is 10.6 Å². The topological polar surface area (TPSA) is 96.2 Å². The van der Waals surface area contributed by atoms with Crippen LogP contribution in [-0.2, 0) is 0 Å². The molecule has 0 saturated carbocycles. The molecule has 0 spiro atoms. The zero-order chi connectivity index (χ0) is 22.9. The molecule has 1 aromatic carbocycles. The van der Waals surface area contributed by atoms with Crippen LogP contribution in [0.3, 0.4) is 0 Å². The normalized spacial score (nSPS) is 22.3. The van der Waals surface area contributed by atoms with Gasteiger partial charge < -0.3 is 14.6 Å². The van der Waals surface area contributed by atoms with Gasteiger partial charge in [-0.25, -0.2) is 18.6 Å². The Morgan fingerprint density at radius 1 is 1.18 bits per heavy atom. The third-order valence-electron chi connectivity index (χ3n) is 6.54. The number of carbonyl (C=O) groups excluding carboxylic acids is 1. The Balaban J connectivity index is 1.29. The number of amides is 2. The van der Waals surface area contributed by atoms with Crippen LogP contribution in [0.4, 0.5) is 19.4 Å². The van der Waals surface area contributed by atoms with Gasteiger partial charge in [0, 0.05) is 36.0 Å².